The Morgan fingerprint density at radius 3 is 2.75 bits per heavy atom. The number of nitrogens with zero attached hydrogens (tertiary/aromatic N) is 2. The van der Waals surface area contributed by atoms with Crippen molar-refractivity contribution in [2.75, 3.05) is 6.54 Å². The highest BCUT2D eigenvalue weighted by Gasteiger charge is 2.21. The van der Waals surface area contributed by atoms with Crippen LogP contribution in [0.1, 0.15) is 33.6 Å². The second kappa shape index (κ2) is 6.15. The monoisotopic (exact) mass is 293 g/mol. The van der Waals surface area contributed by atoms with Crippen LogP contribution in [0.3, 0.4) is 0 Å². The van der Waals surface area contributed by atoms with Crippen molar-refractivity contribution >= 4 is 17.2 Å². The van der Waals surface area contributed by atoms with E-state index in [1.54, 1.807) is 11.3 Å². The largest absolute Gasteiger partial charge is 0.354 e. The third-order valence-electron chi connectivity index (χ3n) is 3.27. The van der Waals surface area contributed by atoms with Gasteiger partial charge in [0.05, 0.1) is 16.9 Å². The summed E-state index contributed by atoms with van der Waals surface area (Å²) >= 11 is 1.60. The van der Waals surface area contributed by atoms with Gasteiger partial charge in [0.1, 0.15) is 6.04 Å². The molecule has 7 heteroatoms. The van der Waals surface area contributed by atoms with Crippen LogP contribution >= 0.6 is 11.3 Å². The number of aromatic amines is 1. The molecule has 2 rings (SSSR count). The van der Waals surface area contributed by atoms with E-state index in [1.807, 2.05) is 26.3 Å². The van der Waals surface area contributed by atoms with Gasteiger partial charge >= 0.3 is 0 Å². The lowest BCUT2D eigenvalue weighted by molar-refractivity contribution is -0.122. The van der Waals surface area contributed by atoms with E-state index < -0.39 is 6.04 Å². The molecule has 0 fully saturated rings. The van der Waals surface area contributed by atoms with Gasteiger partial charge in [0.15, 0.2) is 0 Å². The minimum absolute atomic E-state index is 0.181. The van der Waals surface area contributed by atoms with E-state index in [9.17, 15) is 4.79 Å². The Morgan fingerprint density at radius 1 is 1.45 bits per heavy atom. The molecule has 2 heterocycles. The molecule has 108 valence electrons. The molecular weight excluding hydrogens is 274 g/mol. The molecule has 0 aliphatic rings. The van der Waals surface area contributed by atoms with Gasteiger partial charge < -0.3 is 11.1 Å². The predicted molar refractivity (Wildman–Crippen MR) is 78.6 cm³/mol. The molecule has 0 saturated carbocycles. The van der Waals surface area contributed by atoms with Crippen molar-refractivity contribution in [2.45, 2.75) is 33.2 Å². The molecule has 4 N–H and O–H groups in total. The maximum Gasteiger partial charge on any atom is 0.241 e. The summed E-state index contributed by atoms with van der Waals surface area (Å²) in [5, 5.41) is 9.77. The fourth-order valence-electron chi connectivity index (χ4n) is 2.12. The molecule has 0 radical (unpaired) electrons. The highest BCUT2D eigenvalue weighted by atomic mass is 32.1. The van der Waals surface area contributed by atoms with Gasteiger partial charge in [-0.25, -0.2) is 4.98 Å². The number of carbonyl (C=O) groups excluding carboxylic acids is 1. The van der Waals surface area contributed by atoms with Crippen LogP contribution < -0.4 is 11.1 Å². The highest BCUT2D eigenvalue weighted by molar-refractivity contribution is 7.09. The van der Waals surface area contributed by atoms with Gasteiger partial charge in [-0.1, -0.05) is 0 Å². The number of aryl methyl sites for hydroxylation is 3. The SMILES string of the molecule is Cc1ncsc1CCNC(=O)[C@@H](N)c1c(C)n[nH]c1C. The standard InChI is InChI=1S/C13H19N5OS/c1-7-10(20-6-16-7)4-5-15-13(19)12(14)11-8(2)17-18-9(11)3/h6,12H,4-5,14H2,1-3H3,(H,15,19)(H,17,18)/t12-/m0/s1. The summed E-state index contributed by atoms with van der Waals surface area (Å²) in [6.45, 7) is 6.24. The molecule has 0 saturated heterocycles. The minimum atomic E-state index is -0.684. The molecule has 0 bridgehead atoms. The van der Waals surface area contributed by atoms with E-state index in [0.29, 0.717) is 6.54 Å². The van der Waals surface area contributed by atoms with Gasteiger partial charge in [0.25, 0.3) is 0 Å². The number of thiazole rings is 1. The lowest BCUT2D eigenvalue weighted by atomic mass is 10.1. The number of amides is 1. The van der Waals surface area contributed by atoms with Crippen molar-refractivity contribution in [3.8, 4) is 0 Å². The number of hydrogen-bond donors (Lipinski definition) is 3. The molecule has 0 spiro atoms. The van der Waals surface area contributed by atoms with Gasteiger partial charge in [-0.2, -0.15) is 5.10 Å². The number of aromatic nitrogens is 3. The quantitative estimate of drug-likeness (QED) is 0.770. The van der Waals surface area contributed by atoms with Gasteiger partial charge in [-0.05, 0) is 20.8 Å². The van der Waals surface area contributed by atoms with Crippen molar-refractivity contribution in [2.24, 2.45) is 5.73 Å². The zero-order valence-electron chi connectivity index (χ0n) is 11.9. The van der Waals surface area contributed by atoms with E-state index >= 15 is 0 Å². The van der Waals surface area contributed by atoms with E-state index in [0.717, 1.165) is 29.1 Å². The maximum absolute atomic E-state index is 12.1. The molecule has 0 unspecified atom stereocenters. The minimum Gasteiger partial charge on any atom is -0.354 e. The fraction of sp³-hybridized carbons (Fsp3) is 0.462. The molecule has 0 aromatic carbocycles. The summed E-state index contributed by atoms with van der Waals surface area (Å²) in [4.78, 5) is 17.4. The Kier molecular flexibility index (Phi) is 4.51. The second-order valence-electron chi connectivity index (χ2n) is 4.73. The van der Waals surface area contributed by atoms with Crippen LogP contribution in [-0.2, 0) is 11.2 Å². The number of carbonyl (C=O) groups is 1. The smallest absolute Gasteiger partial charge is 0.241 e. The summed E-state index contributed by atoms with van der Waals surface area (Å²) in [7, 11) is 0. The topological polar surface area (TPSA) is 96.7 Å². The van der Waals surface area contributed by atoms with Crippen molar-refractivity contribution in [1.82, 2.24) is 20.5 Å². The van der Waals surface area contributed by atoms with Crippen molar-refractivity contribution in [3.63, 3.8) is 0 Å². The molecule has 2 aromatic rings. The van der Waals surface area contributed by atoms with Gasteiger partial charge in [0, 0.05) is 29.1 Å². The summed E-state index contributed by atoms with van der Waals surface area (Å²) in [5.74, 6) is -0.181. The van der Waals surface area contributed by atoms with Crippen LogP contribution in [0.4, 0.5) is 0 Å². The first-order valence-corrected chi connectivity index (χ1v) is 7.32. The van der Waals surface area contributed by atoms with Crippen LogP contribution in [0.15, 0.2) is 5.51 Å². The Morgan fingerprint density at radius 2 is 2.20 bits per heavy atom. The van der Waals surface area contributed by atoms with Crippen molar-refractivity contribution in [1.29, 1.82) is 0 Å². The Bertz CT molecular complexity index is 584. The maximum atomic E-state index is 12.1. The molecule has 0 aliphatic carbocycles. The van der Waals surface area contributed by atoms with E-state index in [2.05, 4.69) is 20.5 Å². The van der Waals surface area contributed by atoms with Crippen LogP contribution in [0.25, 0.3) is 0 Å². The third-order valence-corrected chi connectivity index (χ3v) is 4.27. The van der Waals surface area contributed by atoms with Crippen LogP contribution in [0, 0.1) is 20.8 Å². The number of hydrogen-bond acceptors (Lipinski definition) is 5. The molecule has 1 amide bonds. The van der Waals surface area contributed by atoms with Crippen LogP contribution in [0.5, 0.6) is 0 Å². The zero-order valence-corrected chi connectivity index (χ0v) is 12.7. The predicted octanol–water partition coefficient (Wildman–Crippen LogP) is 1.15. The molecule has 2 aromatic heterocycles. The third kappa shape index (κ3) is 3.05. The average Bonchev–Trinajstić information content (AvgIpc) is 2.96. The van der Waals surface area contributed by atoms with E-state index in [-0.39, 0.29) is 5.91 Å². The Labute approximate surface area is 121 Å². The van der Waals surface area contributed by atoms with Crippen LogP contribution in [0.2, 0.25) is 0 Å². The molecular formula is C13H19N5OS. The van der Waals surface area contributed by atoms with Gasteiger partial charge in [-0.3, -0.25) is 9.89 Å². The van der Waals surface area contributed by atoms with Gasteiger partial charge in [-0.15, -0.1) is 11.3 Å². The van der Waals surface area contributed by atoms with E-state index in [1.165, 1.54) is 4.88 Å². The average molecular weight is 293 g/mol. The Hall–Kier alpha value is -1.73. The lowest BCUT2D eigenvalue weighted by Crippen LogP contribution is -2.35. The highest BCUT2D eigenvalue weighted by Crippen LogP contribution is 2.17. The summed E-state index contributed by atoms with van der Waals surface area (Å²) in [6.07, 6.45) is 0.776. The number of H-pyrrole nitrogens is 1. The molecule has 1 atom stereocenters. The summed E-state index contributed by atoms with van der Waals surface area (Å²) in [6, 6.07) is -0.684. The number of nitrogens with one attached hydrogen (secondary N) is 2. The molecule has 0 aliphatic heterocycles. The first-order chi connectivity index (χ1) is 9.50. The number of rotatable bonds is 5. The van der Waals surface area contributed by atoms with Gasteiger partial charge in [0.2, 0.25) is 5.91 Å². The van der Waals surface area contributed by atoms with Crippen molar-refractivity contribution < 1.29 is 4.79 Å². The molecule has 20 heavy (non-hydrogen) atoms. The van der Waals surface area contributed by atoms with Crippen molar-refractivity contribution in [3.05, 3.63) is 33.0 Å². The first-order valence-electron chi connectivity index (χ1n) is 6.44. The summed E-state index contributed by atoms with van der Waals surface area (Å²) in [5.41, 5.74) is 11.2. The van der Waals surface area contributed by atoms with Crippen LogP contribution in [-0.4, -0.2) is 27.6 Å². The summed E-state index contributed by atoms with van der Waals surface area (Å²) < 4.78 is 0. The Balaban J connectivity index is 1.91. The number of nitrogens with two attached hydrogens (primary N) is 1. The first kappa shape index (κ1) is 14.7. The zero-order chi connectivity index (χ0) is 14.7. The van der Waals surface area contributed by atoms with E-state index in [4.69, 9.17) is 5.73 Å². The lowest BCUT2D eigenvalue weighted by Gasteiger charge is -2.12. The molecule has 6 nitrogen and oxygen atoms in total. The second-order valence-corrected chi connectivity index (χ2v) is 5.67. The normalized spacial score (nSPS) is 12.4. The fourth-order valence-corrected chi connectivity index (χ4v) is 2.91.